The molecule has 0 spiro atoms. The minimum absolute atomic E-state index is 0.106. The van der Waals surface area contributed by atoms with Gasteiger partial charge in [-0.25, -0.2) is 4.39 Å². The lowest BCUT2D eigenvalue weighted by Crippen LogP contribution is -2.11. The molecule has 1 fully saturated rings. The van der Waals surface area contributed by atoms with Crippen LogP contribution in [0.2, 0.25) is 0 Å². The summed E-state index contributed by atoms with van der Waals surface area (Å²) < 4.78 is 33.9. The van der Waals surface area contributed by atoms with Gasteiger partial charge in [-0.1, -0.05) is 55.8 Å². The van der Waals surface area contributed by atoms with Crippen molar-refractivity contribution in [2.24, 2.45) is 5.92 Å². The van der Waals surface area contributed by atoms with E-state index >= 15 is 0 Å². The van der Waals surface area contributed by atoms with Gasteiger partial charge in [0.25, 0.3) is 0 Å². The first-order valence-corrected chi connectivity index (χ1v) is 10.7. The third kappa shape index (κ3) is 5.35. The van der Waals surface area contributed by atoms with E-state index in [2.05, 4.69) is 31.2 Å². The van der Waals surface area contributed by atoms with Crippen LogP contribution in [0.25, 0.3) is 11.1 Å². The van der Waals surface area contributed by atoms with Gasteiger partial charge in [0, 0.05) is 5.56 Å². The van der Waals surface area contributed by atoms with Gasteiger partial charge in [-0.3, -0.25) is 0 Å². The highest BCUT2D eigenvalue weighted by atomic mass is 19.2. The number of rotatable bonds is 7. The number of allylic oxidation sites excluding steroid dienone is 3. The molecule has 29 heavy (non-hydrogen) atoms. The lowest BCUT2D eigenvalue weighted by Gasteiger charge is -2.27. The summed E-state index contributed by atoms with van der Waals surface area (Å²) in [5.74, 6) is -0.681. The average Bonchev–Trinajstić information content (AvgIpc) is 2.76. The maximum atomic E-state index is 14.5. The van der Waals surface area contributed by atoms with E-state index in [0.717, 1.165) is 0 Å². The van der Waals surface area contributed by atoms with Crippen LogP contribution in [0, 0.1) is 17.6 Å². The Kier molecular flexibility index (Phi) is 7.62. The molecule has 3 heteroatoms. The van der Waals surface area contributed by atoms with E-state index in [1.54, 1.807) is 19.1 Å². The van der Waals surface area contributed by atoms with Crippen LogP contribution >= 0.6 is 0 Å². The van der Waals surface area contributed by atoms with E-state index in [1.807, 2.05) is 12.1 Å². The molecular formula is C26H30F2O. The molecule has 0 aromatic heterocycles. The van der Waals surface area contributed by atoms with Crippen LogP contribution in [0.1, 0.15) is 63.9 Å². The molecule has 1 saturated carbocycles. The summed E-state index contributed by atoms with van der Waals surface area (Å²) in [5.41, 5.74) is 2.23. The maximum Gasteiger partial charge on any atom is 0.201 e. The van der Waals surface area contributed by atoms with Crippen LogP contribution in [-0.2, 0) is 0 Å². The molecule has 154 valence electrons. The van der Waals surface area contributed by atoms with Crippen LogP contribution in [0.15, 0.2) is 60.9 Å². The molecule has 0 amide bonds. The van der Waals surface area contributed by atoms with E-state index in [4.69, 9.17) is 4.74 Å². The number of hydrogen-bond acceptors (Lipinski definition) is 1. The molecule has 2 aromatic carbocycles. The maximum absolute atomic E-state index is 14.5. The highest BCUT2D eigenvalue weighted by Gasteiger charge is 2.21. The Hall–Kier alpha value is -2.42. The van der Waals surface area contributed by atoms with Crippen LogP contribution in [-0.4, -0.2) is 0 Å². The molecule has 0 unspecified atom stereocenters. The van der Waals surface area contributed by atoms with E-state index in [9.17, 15) is 8.78 Å². The molecule has 2 aromatic rings. The first kappa shape index (κ1) is 21.3. The molecule has 1 nitrogen and oxygen atoms in total. The first-order chi connectivity index (χ1) is 14.1. The van der Waals surface area contributed by atoms with E-state index in [-0.39, 0.29) is 11.3 Å². The number of halogens is 2. The van der Waals surface area contributed by atoms with Crippen molar-refractivity contribution in [1.82, 2.24) is 0 Å². The Labute approximate surface area is 173 Å². The number of hydrogen-bond donors (Lipinski definition) is 0. The topological polar surface area (TPSA) is 9.23 Å². The van der Waals surface area contributed by atoms with Crippen LogP contribution in [0.3, 0.4) is 0 Å². The number of ether oxygens (including phenoxy) is 1. The van der Waals surface area contributed by atoms with Crippen LogP contribution in [0.5, 0.6) is 5.75 Å². The van der Waals surface area contributed by atoms with Gasteiger partial charge < -0.3 is 4.74 Å². The van der Waals surface area contributed by atoms with Crippen molar-refractivity contribution >= 4 is 0 Å². The van der Waals surface area contributed by atoms with Crippen molar-refractivity contribution < 1.29 is 13.5 Å². The van der Waals surface area contributed by atoms with Crippen molar-refractivity contribution in [3.63, 3.8) is 0 Å². The smallest absolute Gasteiger partial charge is 0.201 e. The summed E-state index contributed by atoms with van der Waals surface area (Å²) in [6, 6.07) is 11.0. The van der Waals surface area contributed by atoms with Gasteiger partial charge >= 0.3 is 0 Å². The quantitative estimate of drug-likeness (QED) is 0.339. The third-order valence-corrected chi connectivity index (χ3v) is 5.71. The molecule has 3 rings (SSSR count). The summed E-state index contributed by atoms with van der Waals surface area (Å²) in [5, 5.41) is 0. The van der Waals surface area contributed by atoms with E-state index < -0.39 is 11.6 Å². The Bertz CT molecular complexity index is 844. The second-order valence-electron chi connectivity index (χ2n) is 7.78. The fourth-order valence-electron chi connectivity index (χ4n) is 4.02. The second-order valence-corrected chi connectivity index (χ2v) is 7.78. The van der Waals surface area contributed by atoms with E-state index in [1.165, 1.54) is 56.4 Å². The van der Waals surface area contributed by atoms with Crippen molar-refractivity contribution in [1.29, 1.82) is 0 Å². The Morgan fingerprint density at radius 2 is 1.69 bits per heavy atom. The Morgan fingerprint density at radius 3 is 2.34 bits per heavy atom. The molecule has 0 N–H and O–H groups in total. The summed E-state index contributed by atoms with van der Waals surface area (Å²) in [4.78, 5) is 0. The van der Waals surface area contributed by atoms with Gasteiger partial charge in [0.15, 0.2) is 11.6 Å². The van der Waals surface area contributed by atoms with Gasteiger partial charge in [-0.05, 0) is 74.1 Å². The zero-order chi connectivity index (χ0) is 20.6. The van der Waals surface area contributed by atoms with Gasteiger partial charge in [0.2, 0.25) is 5.82 Å². The molecule has 0 atom stereocenters. The van der Waals surface area contributed by atoms with Gasteiger partial charge in [0.1, 0.15) is 0 Å². The zero-order valence-corrected chi connectivity index (χ0v) is 17.3. The minimum Gasteiger partial charge on any atom is -0.462 e. The van der Waals surface area contributed by atoms with Crippen molar-refractivity contribution in [2.45, 2.75) is 58.3 Å². The lowest BCUT2D eigenvalue weighted by molar-refractivity contribution is 0.375. The summed E-state index contributed by atoms with van der Waals surface area (Å²) in [7, 11) is 0. The number of unbranched alkanes of at least 4 members (excludes halogenated alkanes) is 1. The minimum atomic E-state index is -0.959. The lowest BCUT2D eigenvalue weighted by atomic mass is 9.78. The Morgan fingerprint density at radius 1 is 0.966 bits per heavy atom. The normalized spacial score (nSPS) is 19.9. The first-order valence-electron chi connectivity index (χ1n) is 10.7. The van der Waals surface area contributed by atoms with Gasteiger partial charge in [0.05, 0.1) is 6.26 Å². The van der Waals surface area contributed by atoms with E-state index in [0.29, 0.717) is 17.4 Å². The van der Waals surface area contributed by atoms with Gasteiger partial charge in [-0.2, -0.15) is 4.39 Å². The second kappa shape index (κ2) is 10.4. The standard InChI is InChI=1S/C26H30F2O/c1-3-5-6-7-19-8-10-20(11-9-19)21-12-14-22(15-13-21)23-16-17-24(29-18-4-2)26(28)25(23)27/h4,6-7,12-20H,3,5,8-11H2,1-2H3. The molecule has 0 bridgehead atoms. The predicted molar refractivity (Wildman–Crippen MR) is 116 cm³/mol. The summed E-state index contributed by atoms with van der Waals surface area (Å²) in [6.07, 6.45) is 14.8. The fraction of sp³-hybridized carbons (Fsp3) is 0.385. The SMILES string of the molecule is CC=COc1ccc(-c2ccc(C3CCC(C=CCCC)CC3)cc2)c(F)c1F. The number of benzene rings is 2. The molecule has 0 aliphatic heterocycles. The molecule has 1 aliphatic rings. The van der Waals surface area contributed by atoms with Crippen LogP contribution < -0.4 is 4.74 Å². The van der Waals surface area contributed by atoms with Crippen molar-refractivity contribution in [3.8, 4) is 16.9 Å². The molecule has 0 saturated heterocycles. The molecular weight excluding hydrogens is 366 g/mol. The summed E-state index contributed by atoms with van der Waals surface area (Å²) in [6.45, 7) is 3.96. The average molecular weight is 397 g/mol. The van der Waals surface area contributed by atoms with Crippen molar-refractivity contribution in [2.75, 3.05) is 0 Å². The monoisotopic (exact) mass is 396 g/mol. The molecule has 0 radical (unpaired) electrons. The van der Waals surface area contributed by atoms with Gasteiger partial charge in [-0.15, -0.1) is 0 Å². The molecule has 1 aliphatic carbocycles. The van der Waals surface area contributed by atoms with Crippen molar-refractivity contribution in [3.05, 3.63) is 78.1 Å². The van der Waals surface area contributed by atoms with Crippen LogP contribution in [0.4, 0.5) is 8.78 Å². The Balaban J connectivity index is 1.67. The zero-order valence-electron chi connectivity index (χ0n) is 17.3. The predicted octanol–water partition coefficient (Wildman–Crippen LogP) is 8.17. The third-order valence-electron chi connectivity index (χ3n) is 5.71. The highest BCUT2D eigenvalue weighted by Crippen LogP contribution is 2.37. The molecule has 0 heterocycles. The fourth-order valence-corrected chi connectivity index (χ4v) is 4.02. The summed E-state index contributed by atoms with van der Waals surface area (Å²) >= 11 is 0. The highest BCUT2D eigenvalue weighted by molar-refractivity contribution is 5.65. The largest absolute Gasteiger partial charge is 0.462 e.